The van der Waals surface area contributed by atoms with Crippen LogP contribution in [0.15, 0.2) is 59.2 Å². The highest BCUT2D eigenvalue weighted by Gasteiger charge is 2.24. The van der Waals surface area contributed by atoms with Gasteiger partial charge in [-0.1, -0.05) is 18.2 Å². The van der Waals surface area contributed by atoms with Crippen LogP contribution in [-0.2, 0) is 16.0 Å². The highest BCUT2D eigenvalue weighted by Crippen LogP contribution is 2.22. The molecule has 0 spiro atoms. The van der Waals surface area contributed by atoms with Crippen LogP contribution in [0.25, 0.3) is 11.0 Å². The van der Waals surface area contributed by atoms with E-state index in [0.29, 0.717) is 57.2 Å². The highest BCUT2D eigenvalue weighted by molar-refractivity contribution is 5.94. The van der Waals surface area contributed by atoms with Crippen LogP contribution in [0.5, 0.6) is 5.75 Å². The van der Waals surface area contributed by atoms with Crippen molar-refractivity contribution in [3.05, 3.63) is 65.9 Å². The molecule has 1 aromatic heterocycles. The predicted octanol–water partition coefficient (Wildman–Crippen LogP) is 3.77. The zero-order valence-corrected chi connectivity index (χ0v) is 19.3. The molecule has 7 nitrogen and oxygen atoms in total. The minimum atomic E-state index is -0.0165. The summed E-state index contributed by atoms with van der Waals surface area (Å²) < 4.78 is 17.2. The Balaban J connectivity index is 1.20. The first kappa shape index (κ1) is 22.5. The molecular formula is C27H30N2O5. The number of benzene rings is 2. The van der Waals surface area contributed by atoms with Crippen LogP contribution in [0, 0.1) is 5.92 Å². The molecule has 34 heavy (non-hydrogen) atoms. The van der Waals surface area contributed by atoms with Gasteiger partial charge in [0.05, 0.1) is 26.0 Å². The first-order chi connectivity index (χ1) is 16.7. The van der Waals surface area contributed by atoms with Crippen molar-refractivity contribution in [2.24, 2.45) is 5.92 Å². The summed E-state index contributed by atoms with van der Waals surface area (Å²) >= 11 is 0. The second-order valence-corrected chi connectivity index (χ2v) is 9.05. The number of fused-ring (bicyclic) bond motifs is 1. The van der Waals surface area contributed by atoms with Crippen LogP contribution in [0.2, 0.25) is 0 Å². The van der Waals surface area contributed by atoms with E-state index in [1.54, 1.807) is 12.3 Å². The van der Waals surface area contributed by atoms with Crippen molar-refractivity contribution < 1.29 is 23.5 Å². The zero-order chi connectivity index (χ0) is 23.3. The van der Waals surface area contributed by atoms with E-state index >= 15 is 0 Å². The van der Waals surface area contributed by atoms with Gasteiger partial charge in [-0.3, -0.25) is 9.59 Å². The van der Waals surface area contributed by atoms with Crippen LogP contribution in [0.3, 0.4) is 0 Å². The third kappa shape index (κ3) is 5.25. The highest BCUT2D eigenvalue weighted by atomic mass is 16.5. The van der Waals surface area contributed by atoms with Crippen LogP contribution >= 0.6 is 0 Å². The summed E-state index contributed by atoms with van der Waals surface area (Å²) in [5.74, 6) is 1.02. The number of likely N-dealkylation sites (tertiary alicyclic amines) is 1. The molecule has 2 aliphatic heterocycles. The Hall–Kier alpha value is -3.32. The predicted molar refractivity (Wildman–Crippen MR) is 128 cm³/mol. The van der Waals surface area contributed by atoms with Crippen molar-refractivity contribution in [2.45, 2.75) is 19.3 Å². The number of ether oxygens (including phenoxy) is 2. The van der Waals surface area contributed by atoms with Gasteiger partial charge in [-0.15, -0.1) is 0 Å². The molecule has 0 radical (unpaired) electrons. The molecule has 0 aliphatic carbocycles. The molecule has 3 aromatic rings. The van der Waals surface area contributed by atoms with Crippen molar-refractivity contribution in [3.63, 3.8) is 0 Å². The molecule has 3 heterocycles. The van der Waals surface area contributed by atoms with E-state index in [1.807, 2.05) is 34.1 Å². The first-order valence-electron chi connectivity index (χ1n) is 12.0. The lowest BCUT2D eigenvalue weighted by molar-refractivity contribution is -0.128. The fraction of sp³-hybridized carbons (Fsp3) is 0.407. The number of hydrogen-bond donors (Lipinski definition) is 0. The van der Waals surface area contributed by atoms with Crippen LogP contribution in [-0.4, -0.2) is 67.6 Å². The van der Waals surface area contributed by atoms with Gasteiger partial charge in [0.15, 0.2) is 0 Å². The van der Waals surface area contributed by atoms with Gasteiger partial charge >= 0.3 is 0 Å². The van der Waals surface area contributed by atoms with E-state index < -0.39 is 0 Å². The zero-order valence-electron chi connectivity index (χ0n) is 19.3. The Bertz CT molecular complexity index is 1160. The van der Waals surface area contributed by atoms with Gasteiger partial charge in [-0.25, -0.2) is 0 Å². The number of hydrogen-bond acceptors (Lipinski definition) is 5. The Morgan fingerprint density at radius 1 is 1.12 bits per heavy atom. The summed E-state index contributed by atoms with van der Waals surface area (Å²) in [7, 11) is 0. The molecule has 178 valence electrons. The average molecular weight is 463 g/mol. The Labute approximate surface area is 199 Å². The van der Waals surface area contributed by atoms with Crippen molar-refractivity contribution >= 4 is 22.8 Å². The van der Waals surface area contributed by atoms with Crippen LogP contribution in [0.1, 0.15) is 28.8 Å². The van der Waals surface area contributed by atoms with E-state index in [2.05, 4.69) is 18.2 Å². The Morgan fingerprint density at radius 2 is 2.06 bits per heavy atom. The lowest BCUT2D eigenvalue weighted by Gasteiger charge is -2.24. The Morgan fingerprint density at radius 3 is 2.94 bits per heavy atom. The number of amides is 2. The molecule has 0 bridgehead atoms. The fourth-order valence-corrected chi connectivity index (χ4v) is 4.76. The summed E-state index contributed by atoms with van der Waals surface area (Å²) in [4.78, 5) is 28.8. The lowest BCUT2D eigenvalue weighted by Crippen LogP contribution is -2.36. The molecule has 0 saturated carbocycles. The second kappa shape index (κ2) is 10.3. The van der Waals surface area contributed by atoms with Gasteiger partial charge in [0.1, 0.15) is 17.9 Å². The van der Waals surface area contributed by atoms with Gasteiger partial charge in [-0.2, -0.15) is 0 Å². The van der Waals surface area contributed by atoms with Crippen molar-refractivity contribution in [3.8, 4) is 5.75 Å². The normalized spacial score (nSPS) is 18.9. The summed E-state index contributed by atoms with van der Waals surface area (Å²) in [5.41, 5.74) is 2.66. The van der Waals surface area contributed by atoms with Crippen LogP contribution in [0.4, 0.5) is 0 Å². The molecule has 5 rings (SSSR count). The average Bonchev–Trinajstić information content (AvgIpc) is 3.41. The lowest BCUT2D eigenvalue weighted by atomic mass is 9.98. The number of rotatable bonds is 7. The quantitative estimate of drug-likeness (QED) is 0.535. The smallest absolute Gasteiger partial charge is 0.254 e. The third-order valence-electron chi connectivity index (χ3n) is 6.55. The fourth-order valence-electron chi connectivity index (χ4n) is 4.76. The summed E-state index contributed by atoms with van der Waals surface area (Å²) in [6.45, 7) is 4.15. The van der Waals surface area contributed by atoms with Crippen molar-refractivity contribution in [1.29, 1.82) is 0 Å². The van der Waals surface area contributed by atoms with E-state index in [0.717, 1.165) is 30.4 Å². The molecule has 1 atom stereocenters. The minimum Gasteiger partial charge on any atom is -0.492 e. The number of nitrogens with zero attached hydrogens (tertiary/aromatic N) is 2. The molecule has 7 heteroatoms. The number of furan rings is 1. The van der Waals surface area contributed by atoms with Gasteiger partial charge in [0.25, 0.3) is 5.91 Å². The maximum absolute atomic E-state index is 13.3. The van der Waals surface area contributed by atoms with Crippen LogP contribution < -0.4 is 4.74 Å². The number of carbonyl (C=O) groups excluding carboxylic acids is 2. The molecule has 0 N–H and O–H groups in total. The molecule has 2 aromatic carbocycles. The largest absolute Gasteiger partial charge is 0.492 e. The number of carbonyl (C=O) groups is 2. The van der Waals surface area contributed by atoms with Gasteiger partial charge < -0.3 is 23.7 Å². The molecule has 2 fully saturated rings. The first-order valence-corrected chi connectivity index (χ1v) is 12.0. The van der Waals surface area contributed by atoms with E-state index in [4.69, 9.17) is 13.9 Å². The Kier molecular flexibility index (Phi) is 6.81. The van der Waals surface area contributed by atoms with Crippen molar-refractivity contribution in [2.75, 3.05) is 46.0 Å². The molecule has 2 amide bonds. The SMILES string of the molecule is O=C1CCCN1CCOc1cccc(C(=O)N2CCOCC(Cc3ccc4ccoc4c3)C2)c1. The molecule has 2 aliphatic rings. The van der Waals surface area contributed by atoms with E-state index in [-0.39, 0.29) is 17.7 Å². The second-order valence-electron chi connectivity index (χ2n) is 9.05. The summed E-state index contributed by atoms with van der Waals surface area (Å²) in [6.07, 6.45) is 4.06. The van der Waals surface area contributed by atoms with Gasteiger partial charge in [0.2, 0.25) is 5.91 Å². The topological polar surface area (TPSA) is 72.2 Å². The third-order valence-corrected chi connectivity index (χ3v) is 6.55. The van der Waals surface area contributed by atoms with Crippen molar-refractivity contribution in [1.82, 2.24) is 9.80 Å². The monoisotopic (exact) mass is 462 g/mol. The molecule has 2 saturated heterocycles. The molecular weight excluding hydrogens is 432 g/mol. The maximum Gasteiger partial charge on any atom is 0.254 e. The van der Waals surface area contributed by atoms with E-state index in [9.17, 15) is 9.59 Å². The van der Waals surface area contributed by atoms with Gasteiger partial charge in [0, 0.05) is 42.9 Å². The molecule has 1 unspecified atom stereocenters. The van der Waals surface area contributed by atoms with E-state index in [1.165, 1.54) is 5.56 Å². The minimum absolute atomic E-state index is 0.0165. The standard InChI is InChI=1S/C27H30N2O5/c30-26-5-2-9-28(26)11-14-33-24-4-1-3-23(17-24)27(31)29-10-13-32-19-21(18-29)15-20-6-7-22-8-12-34-25(22)16-20/h1,3-4,6-8,12,16-17,21H,2,5,9-11,13-15,18-19H2. The van der Waals surface area contributed by atoms with Gasteiger partial charge in [-0.05, 0) is 48.7 Å². The summed E-state index contributed by atoms with van der Waals surface area (Å²) in [5, 5.41) is 1.09. The summed E-state index contributed by atoms with van der Waals surface area (Å²) in [6, 6.07) is 15.5. The maximum atomic E-state index is 13.3.